The van der Waals surface area contributed by atoms with Crippen LogP contribution in [-0.2, 0) is 14.4 Å². The molecule has 1 rings (SSSR count). The van der Waals surface area contributed by atoms with E-state index in [0.717, 1.165) is 4.90 Å². The van der Waals surface area contributed by atoms with Gasteiger partial charge < -0.3 is 15.3 Å². The maximum atomic E-state index is 11.8. The van der Waals surface area contributed by atoms with Gasteiger partial charge in [0.25, 0.3) is 0 Å². The predicted molar refractivity (Wildman–Crippen MR) is 54.2 cm³/mol. The normalized spacial score (nSPS) is 18.7. The van der Waals surface area contributed by atoms with Gasteiger partial charge in [-0.2, -0.15) is 0 Å². The van der Waals surface area contributed by atoms with Gasteiger partial charge >= 0.3 is 5.97 Å². The van der Waals surface area contributed by atoms with Gasteiger partial charge in [-0.1, -0.05) is 5.92 Å². The first-order chi connectivity index (χ1) is 7.54. The quantitative estimate of drug-likeness (QED) is 0.588. The van der Waals surface area contributed by atoms with Crippen molar-refractivity contribution in [1.82, 2.24) is 10.2 Å². The minimum atomic E-state index is -1.13. The SMILES string of the molecule is C#CCN(CC(=O)O)C(=O)C1CCC(=O)N1. The maximum absolute atomic E-state index is 11.8. The lowest BCUT2D eigenvalue weighted by atomic mass is 10.2. The number of carbonyl (C=O) groups is 3. The summed E-state index contributed by atoms with van der Waals surface area (Å²) in [6.45, 7) is -0.521. The Hall–Kier alpha value is -2.03. The van der Waals surface area contributed by atoms with Crippen molar-refractivity contribution in [3.63, 3.8) is 0 Å². The van der Waals surface area contributed by atoms with Crippen LogP contribution in [0.2, 0.25) is 0 Å². The van der Waals surface area contributed by atoms with Crippen LogP contribution in [0.3, 0.4) is 0 Å². The molecule has 1 aliphatic rings. The van der Waals surface area contributed by atoms with Crippen molar-refractivity contribution in [1.29, 1.82) is 0 Å². The molecular formula is C10H12N2O4. The first-order valence-electron chi connectivity index (χ1n) is 4.78. The second-order valence-electron chi connectivity index (χ2n) is 3.45. The summed E-state index contributed by atoms with van der Waals surface area (Å²) in [5, 5.41) is 11.1. The molecule has 0 radical (unpaired) electrons. The van der Waals surface area contributed by atoms with E-state index in [1.165, 1.54) is 0 Å². The zero-order valence-corrected chi connectivity index (χ0v) is 8.60. The number of terminal acetylenes is 1. The van der Waals surface area contributed by atoms with Crippen LogP contribution >= 0.6 is 0 Å². The summed E-state index contributed by atoms with van der Waals surface area (Å²) in [7, 11) is 0. The van der Waals surface area contributed by atoms with Crippen LogP contribution < -0.4 is 5.32 Å². The third-order valence-electron chi connectivity index (χ3n) is 2.21. The van der Waals surface area contributed by atoms with E-state index in [-0.39, 0.29) is 18.9 Å². The highest BCUT2D eigenvalue weighted by molar-refractivity contribution is 5.92. The van der Waals surface area contributed by atoms with Crippen molar-refractivity contribution in [2.75, 3.05) is 13.1 Å². The van der Waals surface area contributed by atoms with E-state index in [2.05, 4.69) is 11.2 Å². The molecule has 16 heavy (non-hydrogen) atoms. The second-order valence-corrected chi connectivity index (χ2v) is 3.45. The van der Waals surface area contributed by atoms with Crippen LogP contribution in [-0.4, -0.2) is 46.9 Å². The van der Waals surface area contributed by atoms with Crippen molar-refractivity contribution in [3.8, 4) is 12.3 Å². The Balaban J connectivity index is 2.63. The number of hydrogen-bond donors (Lipinski definition) is 2. The first-order valence-corrected chi connectivity index (χ1v) is 4.78. The van der Waals surface area contributed by atoms with Crippen LogP contribution in [0.5, 0.6) is 0 Å². The number of nitrogens with zero attached hydrogens (tertiary/aromatic N) is 1. The predicted octanol–water partition coefficient (Wildman–Crippen LogP) is -1.19. The Labute approximate surface area is 92.6 Å². The Morgan fingerprint density at radius 3 is 2.75 bits per heavy atom. The zero-order valence-electron chi connectivity index (χ0n) is 8.60. The molecule has 2 N–H and O–H groups in total. The number of carboxylic acid groups (broad SMARTS) is 1. The number of carboxylic acids is 1. The summed E-state index contributed by atoms with van der Waals surface area (Å²) >= 11 is 0. The molecule has 0 spiro atoms. The van der Waals surface area contributed by atoms with Gasteiger partial charge in [-0.05, 0) is 6.42 Å². The average molecular weight is 224 g/mol. The van der Waals surface area contributed by atoms with Gasteiger partial charge in [0, 0.05) is 6.42 Å². The lowest BCUT2D eigenvalue weighted by molar-refractivity contribution is -0.144. The second kappa shape index (κ2) is 5.16. The molecule has 1 atom stereocenters. The smallest absolute Gasteiger partial charge is 0.323 e. The molecule has 0 aromatic carbocycles. The van der Waals surface area contributed by atoms with E-state index in [4.69, 9.17) is 11.5 Å². The zero-order chi connectivity index (χ0) is 12.1. The molecule has 1 saturated heterocycles. The number of carbonyl (C=O) groups excluding carboxylic acids is 2. The van der Waals surface area contributed by atoms with Gasteiger partial charge in [0.15, 0.2) is 0 Å². The lowest BCUT2D eigenvalue weighted by Gasteiger charge is -2.21. The Morgan fingerprint density at radius 2 is 2.31 bits per heavy atom. The average Bonchev–Trinajstić information content (AvgIpc) is 2.62. The Morgan fingerprint density at radius 1 is 1.62 bits per heavy atom. The van der Waals surface area contributed by atoms with Crippen LogP contribution in [0.15, 0.2) is 0 Å². The van der Waals surface area contributed by atoms with Gasteiger partial charge in [0.05, 0.1) is 6.54 Å². The number of amides is 2. The highest BCUT2D eigenvalue weighted by atomic mass is 16.4. The van der Waals surface area contributed by atoms with E-state index in [0.29, 0.717) is 6.42 Å². The van der Waals surface area contributed by atoms with Crippen LogP contribution in [0.1, 0.15) is 12.8 Å². The maximum Gasteiger partial charge on any atom is 0.323 e. The van der Waals surface area contributed by atoms with E-state index in [1.807, 2.05) is 0 Å². The summed E-state index contributed by atoms with van der Waals surface area (Å²) in [6, 6.07) is -0.639. The molecule has 6 nitrogen and oxygen atoms in total. The van der Waals surface area contributed by atoms with E-state index in [1.54, 1.807) is 0 Å². The van der Waals surface area contributed by atoms with Gasteiger partial charge in [-0.25, -0.2) is 0 Å². The van der Waals surface area contributed by atoms with Crippen molar-refractivity contribution >= 4 is 17.8 Å². The molecule has 1 aliphatic heterocycles. The largest absolute Gasteiger partial charge is 0.480 e. The highest BCUT2D eigenvalue weighted by Gasteiger charge is 2.31. The molecule has 1 fully saturated rings. The van der Waals surface area contributed by atoms with Gasteiger partial charge in [-0.3, -0.25) is 14.4 Å². The van der Waals surface area contributed by atoms with Gasteiger partial charge in [0.1, 0.15) is 12.6 Å². The van der Waals surface area contributed by atoms with E-state index < -0.39 is 24.5 Å². The molecule has 0 saturated carbocycles. The molecular weight excluding hydrogens is 212 g/mol. The summed E-state index contributed by atoms with van der Waals surface area (Å²) in [5.41, 5.74) is 0. The van der Waals surface area contributed by atoms with Crippen molar-refractivity contribution in [3.05, 3.63) is 0 Å². The van der Waals surface area contributed by atoms with Crippen LogP contribution in [0.4, 0.5) is 0 Å². The Kier molecular flexibility index (Phi) is 3.89. The fraction of sp³-hybridized carbons (Fsp3) is 0.500. The third kappa shape index (κ3) is 2.98. The number of aliphatic carboxylic acids is 1. The van der Waals surface area contributed by atoms with Crippen LogP contribution in [0.25, 0.3) is 0 Å². The molecule has 0 aromatic rings. The third-order valence-corrected chi connectivity index (χ3v) is 2.21. The molecule has 6 heteroatoms. The van der Waals surface area contributed by atoms with Crippen molar-refractivity contribution in [2.24, 2.45) is 0 Å². The van der Waals surface area contributed by atoms with E-state index >= 15 is 0 Å². The molecule has 1 unspecified atom stereocenters. The van der Waals surface area contributed by atoms with Crippen LogP contribution in [0, 0.1) is 12.3 Å². The number of rotatable bonds is 4. The highest BCUT2D eigenvalue weighted by Crippen LogP contribution is 2.09. The number of nitrogens with one attached hydrogen (secondary N) is 1. The topological polar surface area (TPSA) is 86.7 Å². The molecule has 0 bridgehead atoms. The van der Waals surface area contributed by atoms with E-state index in [9.17, 15) is 14.4 Å². The van der Waals surface area contributed by atoms with Crippen molar-refractivity contribution in [2.45, 2.75) is 18.9 Å². The minimum Gasteiger partial charge on any atom is -0.480 e. The molecule has 0 aromatic heterocycles. The molecule has 1 heterocycles. The van der Waals surface area contributed by atoms with Crippen molar-refractivity contribution < 1.29 is 19.5 Å². The lowest BCUT2D eigenvalue weighted by Crippen LogP contribution is -2.46. The standard InChI is InChI=1S/C10H12N2O4/c1-2-5-12(6-9(14)15)10(16)7-3-4-8(13)11-7/h1,7H,3-6H2,(H,11,13)(H,14,15). The minimum absolute atomic E-state index is 0.0719. The fourth-order valence-corrected chi connectivity index (χ4v) is 1.50. The molecule has 86 valence electrons. The Bertz CT molecular complexity index is 358. The summed E-state index contributed by atoms with van der Waals surface area (Å²) in [4.78, 5) is 34.2. The summed E-state index contributed by atoms with van der Waals surface area (Å²) in [5.74, 6) is 0.448. The fourth-order valence-electron chi connectivity index (χ4n) is 1.50. The van der Waals surface area contributed by atoms with Gasteiger partial charge in [-0.15, -0.1) is 6.42 Å². The monoisotopic (exact) mass is 224 g/mol. The number of hydrogen-bond acceptors (Lipinski definition) is 3. The van der Waals surface area contributed by atoms with Gasteiger partial charge in [0.2, 0.25) is 11.8 Å². The summed E-state index contributed by atoms with van der Waals surface area (Å²) in [6.07, 6.45) is 5.72. The molecule has 0 aliphatic carbocycles. The summed E-state index contributed by atoms with van der Waals surface area (Å²) < 4.78 is 0. The molecule has 2 amide bonds. The first kappa shape index (κ1) is 12.0.